The number of pyridine rings is 1. The van der Waals surface area contributed by atoms with Crippen molar-refractivity contribution in [2.45, 2.75) is 45.1 Å². The first kappa shape index (κ1) is 23.8. The van der Waals surface area contributed by atoms with E-state index in [4.69, 9.17) is 0 Å². The first-order chi connectivity index (χ1) is 17.0. The number of hydrogen-bond acceptors (Lipinski definition) is 4. The van der Waals surface area contributed by atoms with Gasteiger partial charge in [0.2, 0.25) is 0 Å². The molecule has 1 atom stereocenters. The number of likely N-dealkylation sites (N-methyl/N-ethyl adjacent to an activating group) is 1. The monoisotopic (exact) mass is 478 g/mol. The molecule has 5 rings (SSSR count). The Morgan fingerprint density at radius 1 is 1.00 bits per heavy atom. The van der Waals surface area contributed by atoms with Gasteiger partial charge in [-0.1, -0.05) is 31.5 Å². The van der Waals surface area contributed by atoms with Crippen molar-refractivity contribution in [1.82, 2.24) is 19.9 Å². The van der Waals surface area contributed by atoms with Crippen molar-refractivity contribution in [2.75, 3.05) is 32.7 Å². The lowest BCUT2D eigenvalue weighted by Gasteiger charge is -2.39. The Morgan fingerprint density at radius 3 is 2.57 bits per heavy atom. The molecule has 3 aromatic rings. The minimum Gasteiger partial charge on any atom is -0.334 e. The second-order valence-electron chi connectivity index (χ2n) is 9.52. The number of piperidine rings is 1. The lowest BCUT2D eigenvalue weighted by molar-refractivity contribution is -0.0471. The average molecular weight is 479 g/mol. The van der Waals surface area contributed by atoms with Crippen LogP contribution in [-0.4, -0.2) is 64.6 Å². The Kier molecular flexibility index (Phi) is 7.07. The number of fused-ring (bicyclic) bond motifs is 1. The minimum absolute atomic E-state index is 0.0235. The van der Waals surface area contributed by atoms with E-state index in [9.17, 15) is 13.6 Å². The molecule has 0 bridgehead atoms. The summed E-state index contributed by atoms with van der Waals surface area (Å²) in [5.74, 6) is -1.85. The Hall–Kier alpha value is -2.90. The van der Waals surface area contributed by atoms with Crippen molar-refractivity contribution in [3.63, 3.8) is 0 Å². The number of carbonyl (C=O) groups excluding carboxylic acids is 1. The van der Waals surface area contributed by atoms with Gasteiger partial charge in [-0.3, -0.25) is 4.79 Å². The van der Waals surface area contributed by atoms with Crippen LogP contribution in [0.15, 0.2) is 48.5 Å². The van der Waals surface area contributed by atoms with Gasteiger partial charge in [0.05, 0.1) is 16.8 Å². The Bertz CT molecular complexity index is 1210. The maximum atomic E-state index is 14.0. The van der Waals surface area contributed by atoms with Gasteiger partial charge < -0.3 is 4.90 Å². The largest absolute Gasteiger partial charge is 0.334 e. The summed E-state index contributed by atoms with van der Waals surface area (Å²) in [7, 11) is 0. The number of carbonyl (C=O) groups is 1. The molecule has 0 spiro atoms. The summed E-state index contributed by atoms with van der Waals surface area (Å²) < 4.78 is 27.5. The Labute approximate surface area is 205 Å². The molecule has 0 unspecified atom stereocenters. The number of aromatic nitrogens is 1. The molecule has 3 heterocycles. The first-order valence-electron chi connectivity index (χ1n) is 12.7. The highest BCUT2D eigenvalue weighted by Crippen LogP contribution is 2.29. The zero-order valence-corrected chi connectivity index (χ0v) is 20.2. The molecule has 2 aliphatic rings. The Balaban J connectivity index is 1.46. The summed E-state index contributed by atoms with van der Waals surface area (Å²) in [4.78, 5) is 20.6. The zero-order valence-electron chi connectivity index (χ0n) is 20.2. The molecule has 2 aliphatic heterocycles. The van der Waals surface area contributed by atoms with Crippen molar-refractivity contribution < 1.29 is 13.6 Å². The predicted octanol–water partition coefficient (Wildman–Crippen LogP) is 5.51. The third kappa shape index (κ3) is 4.93. The van der Waals surface area contributed by atoms with Gasteiger partial charge in [-0.15, -0.1) is 0 Å². The van der Waals surface area contributed by atoms with Gasteiger partial charge in [0.25, 0.3) is 5.91 Å². The fourth-order valence-electron chi connectivity index (χ4n) is 5.45. The SMILES string of the molecule is CCN(C[C@@H]1CCCN1C(=O)c1cc(-c2ccc(F)c(F)c2)nc2ccccc12)N1CCCCC1. The molecule has 184 valence electrons. The van der Waals surface area contributed by atoms with Crippen LogP contribution in [-0.2, 0) is 0 Å². The molecule has 0 N–H and O–H groups in total. The third-order valence-corrected chi connectivity index (χ3v) is 7.32. The van der Waals surface area contributed by atoms with E-state index in [1.807, 2.05) is 29.2 Å². The molecule has 5 nitrogen and oxygen atoms in total. The minimum atomic E-state index is -0.928. The maximum Gasteiger partial charge on any atom is 0.254 e. The molecular formula is C28H32F2N4O. The summed E-state index contributed by atoms with van der Waals surface area (Å²) >= 11 is 0. The van der Waals surface area contributed by atoms with Crippen molar-refractivity contribution >= 4 is 16.8 Å². The molecule has 0 saturated carbocycles. The van der Waals surface area contributed by atoms with E-state index in [1.165, 1.54) is 25.3 Å². The van der Waals surface area contributed by atoms with E-state index in [0.717, 1.165) is 63.1 Å². The van der Waals surface area contributed by atoms with Crippen molar-refractivity contribution in [3.8, 4) is 11.3 Å². The van der Waals surface area contributed by atoms with Crippen LogP contribution < -0.4 is 0 Å². The van der Waals surface area contributed by atoms with E-state index in [2.05, 4.69) is 21.9 Å². The van der Waals surface area contributed by atoms with Gasteiger partial charge in [-0.2, -0.15) is 0 Å². The molecule has 2 saturated heterocycles. The van der Waals surface area contributed by atoms with Gasteiger partial charge >= 0.3 is 0 Å². The summed E-state index contributed by atoms with van der Waals surface area (Å²) in [6.07, 6.45) is 5.69. The van der Waals surface area contributed by atoms with Crippen LogP contribution in [0.1, 0.15) is 49.4 Å². The molecule has 0 radical (unpaired) electrons. The highest BCUT2D eigenvalue weighted by Gasteiger charge is 2.33. The number of halogens is 2. The molecule has 0 aliphatic carbocycles. The number of para-hydroxylation sites is 1. The van der Waals surface area contributed by atoms with Crippen LogP contribution in [0, 0.1) is 11.6 Å². The summed E-state index contributed by atoms with van der Waals surface area (Å²) in [5, 5.41) is 5.64. The number of likely N-dealkylation sites (tertiary alicyclic amines) is 1. The molecule has 7 heteroatoms. The smallest absolute Gasteiger partial charge is 0.254 e. The number of amides is 1. The van der Waals surface area contributed by atoms with Crippen LogP contribution in [0.4, 0.5) is 8.78 Å². The van der Waals surface area contributed by atoms with Gasteiger partial charge in [0.1, 0.15) is 0 Å². The lowest BCUT2D eigenvalue weighted by Crippen LogP contribution is -2.51. The van der Waals surface area contributed by atoms with Crippen LogP contribution >= 0.6 is 0 Å². The molecule has 2 fully saturated rings. The van der Waals surface area contributed by atoms with Crippen molar-refractivity contribution in [3.05, 3.63) is 65.7 Å². The molecule has 1 amide bonds. The molecule has 2 aromatic carbocycles. The zero-order chi connectivity index (χ0) is 24.4. The number of rotatable bonds is 6. The quantitative estimate of drug-likeness (QED) is 0.469. The molecule has 35 heavy (non-hydrogen) atoms. The summed E-state index contributed by atoms with van der Waals surface area (Å²) in [6, 6.07) is 13.1. The standard InChI is InChI=1S/C28H32F2N4O/c1-2-32(33-14-6-3-7-15-33)19-21-9-8-16-34(21)28(35)23-18-27(20-12-13-24(29)25(30)17-20)31-26-11-5-4-10-22(23)26/h4-5,10-13,17-18,21H,2-3,6-9,14-16,19H2,1H3/t21-/m0/s1. The molecular weight excluding hydrogens is 446 g/mol. The predicted molar refractivity (Wildman–Crippen MR) is 134 cm³/mol. The van der Waals surface area contributed by atoms with Gasteiger partial charge in [-0.25, -0.2) is 23.8 Å². The van der Waals surface area contributed by atoms with Gasteiger partial charge in [-0.05, 0) is 56.0 Å². The maximum absolute atomic E-state index is 14.0. The third-order valence-electron chi connectivity index (χ3n) is 7.32. The fourth-order valence-corrected chi connectivity index (χ4v) is 5.45. The van der Waals surface area contributed by atoms with Crippen LogP contribution in [0.5, 0.6) is 0 Å². The normalized spacial score (nSPS) is 19.1. The average Bonchev–Trinajstić information content (AvgIpc) is 3.36. The van der Waals surface area contributed by atoms with Crippen LogP contribution in [0.25, 0.3) is 22.2 Å². The topological polar surface area (TPSA) is 39.7 Å². The van der Waals surface area contributed by atoms with E-state index in [0.29, 0.717) is 22.3 Å². The van der Waals surface area contributed by atoms with Gasteiger partial charge in [0, 0.05) is 49.7 Å². The van der Waals surface area contributed by atoms with Crippen LogP contribution in [0.3, 0.4) is 0 Å². The summed E-state index contributed by atoms with van der Waals surface area (Å²) in [5.41, 5.74) is 2.13. The van der Waals surface area contributed by atoms with E-state index >= 15 is 0 Å². The van der Waals surface area contributed by atoms with Crippen molar-refractivity contribution in [1.29, 1.82) is 0 Å². The summed E-state index contributed by atoms with van der Waals surface area (Å²) in [6.45, 7) is 6.83. The number of hydrogen-bond donors (Lipinski definition) is 0. The van der Waals surface area contributed by atoms with Crippen LogP contribution in [0.2, 0.25) is 0 Å². The van der Waals surface area contributed by atoms with E-state index in [1.54, 1.807) is 6.07 Å². The second kappa shape index (κ2) is 10.4. The molecule has 1 aromatic heterocycles. The van der Waals surface area contributed by atoms with Crippen molar-refractivity contribution in [2.24, 2.45) is 0 Å². The van der Waals surface area contributed by atoms with E-state index < -0.39 is 11.6 Å². The van der Waals surface area contributed by atoms with Gasteiger partial charge in [0.15, 0.2) is 11.6 Å². The number of nitrogens with zero attached hydrogens (tertiary/aromatic N) is 4. The number of hydrazine groups is 1. The fraction of sp³-hybridized carbons (Fsp3) is 0.429. The highest BCUT2D eigenvalue weighted by molar-refractivity contribution is 6.07. The number of benzene rings is 2. The Morgan fingerprint density at radius 2 is 1.80 bits per heavy atom. The lowest BCUT2D eigenvalue weighted by atomic mass is 10.0. The first-order valence-corrected chi connectivity index (χ1v) is 12.7. The second-order valence-corrected chi connectivity index (χ2v) is 9.52. The van der Waals surface area contributed by atoms with E-state index in [-0.39, 0.29) is 11.9 Å². The highest BCUT2D eigenvalue weighted by atomic mass is 19.2.